The number of sulfonamides is 1. The van der Waals surface area contributed by atoms with Gasteiger partial charge in [-0.2, -0.15) is 5.26 Å². The van der Waals surface area contributed by atoms with E-state index in [-0.39, 0.29) is 18.8 Å². The van der Waals surface area contributed by atoms with E-state index in [4.69, 9.17) is 4.74 Å². The van der Waals surface area contributed by atoms with Gasteiger partial charge in [0.25, 0.3) is 0 Å². The lowest BCUT2D eigenvalue weighted by Gasteiger charge is -2.11. The van der Waals surface area contributed by atoms with E-state index < -0.39 is 21.2 Å². The van der Waals surface area contributed by atoms with Crippen LogP contribution in [0.5, 0.6) is 5.75 Å². The highest BCUT2D eigenvalue weighted by Gasteiger charge is 2.25. The summed E-state index contributed by atoms with van der Waals surface area (Å²) in [6.45, 7) is 5.35. The van der Waals surface area contributed by atoms with Gasteiger partial charge in [-0.15, -0.1) is 0 Å². The number of aromatic nitrogens is 1. The van der Waals surface area contributed by atoms with Gasteiger partial charge in [-0.05, 0) is 38.0 Å². The van der Waals surface area contributed by atoms with E-state index in [1.165, 1.54) is 0 Å². The van der Waals surface area contributed by atoms with Crippen LogP contribution in [0.1, 0.15) is 42.5 Å². The topological polar surface area (TPSA) is 121 Å². The fourth-order valence-corrected chi connectivity index (χ4v) is 3.74. The fraction of sp³-hybridized carbons (Fsp3) is 0.400. The van der Waals surface area contributed by atoms with Gasteiger partial charge in [0.05, 0.1) is 10.8 Å². The van der Waals surface area contributed by atoms with Gasteiger partial charge in [0, 0.05) is 24.8 Å². The lowest BCUT2D eigenvalue weighted by Crippen LogP contribution is -2.33. The number of carboxylic acids is 1. The summed E-state index contributed by atoms with van der Waals surface area (Å²) in [6, 6.07) is 8.84. The molecule has 9 heteroatoms. The van der Waals surface area contributed by atoms with E-state index in [9.17, 15) is 23.6 Å². The van der Waals surface area contributed by atoms with Crippen LogP contribution >= 0.6 is 0 Å². The summed E-state index contributed by atoms with van der Waals surface area (Å²) >= 11 is 0. The van der Waals surface area contributed by atoms with E-state index in [1.807, 2.05) is 6.92 Å². The second-order valence-electron chi connectivity index (χ2n) is 6.74. The number of nitriles is 1. The molecule has 1 aromatic carbocycles. The Labute approximate surface area is 170 Å². The Kier molecular flexibility index (Phi) is 7.06. The molecule has 2 rings (SSSR count). The number of aromatic carboxylic acids is 1. The summed E-state index contributed by atoms with van der Waals surface area (Å²) in [5, 5.41) is 18.7. The maximum Gasteiger partial charge on any atom is 0.353 e. The molecule has 0 radical (unpaired) electrons. The molecule has 0 spiro atoms. The molecule has 156 valence electrons. The van der Waals surface area contributed by atoms with Gasteiger partial charge in [-0.1, -0.05) is 19.1 Å². The Hall–Kier alpha value is -2.83. The van der Waals surface area contributed by atoms with Gasteiger partial charge < -0.3 is 14.4 Å². The summed E-state index contributed by atoms with van der Waals surface area (Å²) in [6.07, 6.45) is 0.535. The molecular weight excluding hydrogens is 394 g/mol. The van der Waals surface area contributed by atoms with Crippen LogP contribution in [-0.4, -0.2) is 42.5 Å². The molecule has 0 aliphatic carbocycles. The van der Waals surface area contributed by atoms with Crippen molar-refractivity contribution in [3.05, 3.63) is 41.2 Å². The zero-order chi connectivity index (χ0) is 21.8. The molecule has 0 fully saturated rings. The molecule has 0 aliphatic rings. The number of carboxylic acid groups (broad SMARTS) is 1. The molecule has 0 atom stereocenters. The van der Waals surface area contributed by atoms with Crippen molar-refractivity contribution in [1.82, 2.24) is 9.29 Å². The number of carbonyl (C=O) groups is 1. The third-order valence-corrected chi connectivity index (χ3v) is 6.45. The number of ether oxygens (including phenoxy) is 1. The molecule has 8 nitrogen and oxygen atoms in total. The van der Waals surface area contributed by atoms with E-state index in [0.29, 0.717) is 34.6 Å². The summed E-state index contributed by atoms with van der Waals surface area (Å²) in [7, 11) is -1.70. The van der Waals surface area contributed by atoms with Crippen molar-refractivity contribution in [2.45, 2.75) is 32.4 Å². The van der Waals surface area contributed by atoms with Gasteiger partial charge in [0.1, 0.15) is 24.1 Å². The number of nitrogens with one attached hydrogen (secondary N) is 1. The second-order valence-corrected chi connectivity index (χ2v) is 9.06. The van der Waals surface area contributed by atoms with E-state index in [1.54, 1.807) is 49.7 Å². The molecule has 0 aliphatic heterocycles. The third-order valence-electron chi connectivity index (χ3n) is 4.60. The lowest BCUT2D eigenvalue weighted by atomic mass is 10.00. The van der Waals surface area contributed by atoms with Crippen molar-refractivity contribution in [3.8, 4) is 22.9 Å². The Morgan fingerprint density at radius 1 is 1.31 bits per heavy atom. The molecule has 0 unspecified atom stereocenters. The van der Waals surface area contributed by atoms with Gasteiger partial charge >= 0.3 is 5.97 Å². The molecule has 29 heavy (non-hydrogen) atoms. The number of rotatable bonds is 9. The molecule has 1 heterocycles. The van der Waals surface area contributed by atoms with E-state index in [2.05, 4.69) is 10.8 Å². The van der Waals surface area contributed by atoms with Gasteiger partial charge in [-0.3, -0.25) is 0 Å². The van der Waals surface area contributed by atoms with Crippen LogP contribution in [0.2, 0.25) is 0 Å². The Morgan fingerprint density at radius 2 is 1.93 bits per heavy atom. The zero-order valence-corrected chi connectivity index (χ0v) is 17.7. The predicted octanol–water partition coefficient (Wildman–Crippen LogP) is 2.53. The molecule has 0 bridgehead atoms. The molecule has 0 saturated heterocycles. The molecule has 2 aromatic rings. The number of nitrogens with zero attached hydrogens (tertiary/aromatic N) is 2. The van der Waals surface area contributed by atoms with Crippen molar-refractivity contribution < 1.29 is 23.1 Å². The second kappa shape index (κ2) is 9.11. The first-order valence-electron chi connectivity index (χ1n) is 9.20. The van der Waals surface area contributed by atoms with Crippen molar-refractivity contribution in [3.63, 3.8) is 0 Å². The lowest BCUT2D eigenvalue weighted by molar-refractivity contribution is 0.0687. The van der Waals surface area contributed by atoms with Gasteiger partial charge in [0.15, 0.2) is 0 Å². The highest BCUT2D eigenvalue weighted by atomic mass is 32.2. The van der Waals surface area contributed by atoms with E-state index in [0.717, 1.165) is 0 Å². The maximum atomic E-state index is 11.8. The summed E-state index contributed by atoms with van der Waals surface area (Å²) in [4.78, 5) is 11.8. The average Bonchev–Trinajstić information content (AvgIpc) is 2.97. The molecule has 2 N–H and O–H groups in total. The highest BCUT2D eigenvalue weighted by Crippen LogP contribution is 2.33. The minimum absolute atomic E-state index is 0.0650. The van der Waals surface area contributed by atoms with Crippen LogP contribution in [0.25, 0.3) is 11.1 Å². The minimum Gasteiger partial charge on any atom is -0.492 e. The normalized spacial score (nSPS) is 11.4. The summed E-state index contributed by atoms with van der Waals surface area (Å²) < 4.78 is 32.9. The SMILES string of the molecule is CCc1c(C#N)c(-c2ccc(OCCNS(=O)(=O)C(C)C)cc2)c(C(=O)O)n1C. The van der Waals surface area contributed by atoms with Crippen LogP contribution in [0.3, 0.4) is 0 Å². The Balaban J connectivity index is 2.21. The predicted molar refractivity (Wildman–Crippen MR) is 109 cm³/mol. The Bertz CT molecular complexity index is 1030. The minimum atomic E-state index is -3.34. The monoisotopic (exact) mass is 419 g/mol. The maximum absolute atomic E-state index is 11.8. The first-order valence-corrected chi connectivity index (χ1v) is 10.7. The highest BCUT2D eigenvalue weighted by molar-refractivity contribution is 7.90. The van der Waals surface area contributed by atoms with Crippen LogP contribution in [0.15, 0.2) is 24.3 Å². The summed E-state index contributed by atoms with van der Waals surface area (Å²) in [5.74, 6) is -0.587. The van der Waals surface area contributed by atoms with Gasteiger partial charge in [-0.25, -0.2) is 17.9 Å². The molecule has 0 amide bonds. The van der Waals surface area contributed by atoms with Crippen molar-refractivity contribution in [2.24, 2.45) is 7.05 Å². The van der Waals surface area contributed by atoms with Crippen LogP contribution in [-0.2, 0) is 23.5 Å². The Morgan fingerprint density at radius 3 is 2.41 bits per heavy atom. The third kappa shape index (κ3) is 4.78. The average molecular weight is 420 g/mol. The number of benzene rings is 1. The van der Waals surface area contributed by atoms with Crippen molar-refractivity contribution in [1.29, 1.82) is 5.26 Å². The van der Waals surface area contributed by atoms with Crippen molar-refractivity contribution in [2.75, 3.05) is 13.2 Å². The van der Waals surface area contributed by atoms with Crippen LogP contribution < -0.4 is 9.46 Å². The molecule has 1 aromatic heterocycles. The zero-order valence-electron chi connectivity index (χ0n) is 16.9. The smallest absolute Gasteiger partial charge is 0.353 e. The first kappa shape index (κ1) is 22.5. The largest absolute Gasteiger partial charge is 0.492 e. The van der Waals surface area contributed by atoms with Crippen LogP contribution in [0, 0.1) is 11.3 Å². The van der Waals surface area contributed by atoms with Gasteiger partial charge in [0.2, 0.25) is 10.0 Å². The molecule has 0 saturated carbocycles. The summed E-state index contributed by atoms with van der Waals surface area (Å²) in [5.41, 5.74) is 2.06. The van der Waals surface area contributed by atoms with E-state index >= 15 is 0 Å². The standard InChI is InChI=1S/C20H25N3O5S/c1-5-17-16(12-21)18(19(20(24)25)23(17)4)14-6-8-15(9-7-14)28-11-10-22-29(26,27)13(2)3/h6-9,13,22H,5,10-11H2,1-4H3,(H,24,25). The fourth-order valence-electron chi connectivity index (χ4n) is 3.04. The molecular formula is C20H25N3O5S. The number of hydrogen-bond acceptors (Lipinski definition) is 5. The first-order chi connectivity index (χ1) is 13.6. The number of hydrogen-bond donors (Lipinski definition) is 2. The quantitative estimate of drug-likeness (QED) is 0.603. The van der Waals surface area contributed by atoms with Crippen molar-refractivity contribution >= 4 is 16.0 Å². The van der Waals surface area contributed by atoms with Crippen LogP contribution in [0.4, 0.5) is 0 Å².